The predicted octanol–water partition coefficient (Wildman–Crippen LogP) is 1.22. The molecule has 0 spiro atoms. The van der Waals surface area contributed by atoms with E-state index in [4.69, 9.17) is 4.74 Å². The van der Waals surface area contributed by atoms with Crippen LogP contribution < -0.4 is 0 Å². The molecule has 0 N–H and O–H groups in total. The Morgan fingerprint density at radius 2 is 1.89 bits per heavy atom. The topological polar surface area (TPSA) is 94.4 Å². The van der Waals surface area contributed by atoms with Gasteiger partial charge in [0.15, 0.2) is 15.0 Å². The number of hydrogen-bond acceptors (Lipinski definition) is 7. The lowest BCUT2D eigenvalue weighted by molar-refractivity contribution is -0.132. The van der Waals surface area contributed by atoms with E-state index >= 15 is 0 Å². The summed E-state index contributed by atoms with van der Waals surface area (Å²) in [5, 5.41) is 8.71. The number of carbonyl (C=O) groups is 1. The van der Waals surface area contributed by atoms with E-state index < -0.39 is 9.84 Å². The maximum absolute atomic E-state index is 12.6. The zero-order valence-electron chi connectivity index (χ0n) is 15.1. The number of carbonyl (C=O) groups excluding carboxylic acids is 1. The van der Waals surface area contributed by atoms with Crippen LogP contribution >= 0.6 is 11.8 Å². The number of thioether (sulfide) groups is 1. The van der Waals surface area contributed by atoms with Crippen LogP contribution in [0.3, 0.4) is 0 Å². The van der Waals surface area contributed by atoms with Gasteiger partial charge in [-0.1, -0.05) is 30.0 Å². The molecule has 27 heavy (non-hydrogen) atoms. The van der Waals surface area contributed by atoms with Crippen LogP contribution in [0.2, 0.25) is 0 Å². The monoisotopic (exact) mass is 410 g/mol. The van der Waals surface area contributed by atoms with Crippen molar-refractivity contribution in [1.82, 2.24) is 19.7 Å². The van der Waals surface area contributed by atoms with E-state index in [0.717, 1.165) is 0 Å². The minimum absolute atomic E-state index is 0.0208. The van der Waals surface area contributed by atoms with E-state index in [9.17, 15) is 13.2 Å². The van der Waals surface area contributed by atoms with Gasteiger partial charge in [-0.3, -0.25) is 4.79 Å². The lowest BCUT2D eigenvalue weighted by Crippen LogP contribution is -2.41. The van der Waals surface area contributed by atoms with E-state index in [1.165, 1.54) is 11.8 Å². The third-order valence-corrected chi connectivity index (χ3v) is 6.80. The summed E-state index contributed by atoms with van der Waals surface area (Å²) in [5.74, 6) is 0.412. The maximum atomic E-state index is 12.6. The van der Waals surface area contributed by atoms with Crippen LogP contribution in [0, 0.1) is 0 Å². The largest absolute Gasteiger partial charge is 0.378 e. The molecular formula is C17H22N4O4S2. The van der Waals surface area contributed by atoms with Gasteiger partial charge in [-0.15, -0.1) is 10.2 Å². The fraction of sp³-hybridized carbons (Fsp3) is 0.471. The van der Waals surface area contributed by atoms with E-state index in [1.54, 1.807) is 39.8 Å². The van der Waals surface area contributed by atoms with Crippen LogP contribution in [0.4, 0.5) is 0 Å². The van der Waals surface area contributed by atoms with Gasteiger partial charge in [-0.25, -0.2) is 8.42 Å². The van der Waals surface area contributed by atoms with Gasteiger partial charge in [0.05, 0.1) is 23.9 Å². The van der Waals surface area contributed by atoms with Gasteiger partial charge in [0.2, 0.25) is 5.91 Å². The molecule has 2 aromatic rings. The molecule has 8 nitrogen and oxygen atoms in total. The number of aromatic nitrogens is 3. The van der Waals surface area contributed by atoms with Gasteiger partial charge in [0.25, 0.3) is 0 Å². The molecule has 0 aliphatic carbocycles. The standard InChI is InChI=1S/C17H22N4O4S2/c1-2-21-15(13-27(23,24)14-6-4-3-5-7-14)18-19-17(21)26-12-16(22)20-8-10-25-11-9-20/h3-7H,2,8-13H2,1H3. The fourth-order valence-corrected chi connectivity index (χ4v) is 4.98. The molecule has 1 saturated heterocycles. The Labute approximate surface area is 162 Å². The van der Waals surface area contributed by atoms with E-state index in [-0.39, 0.29) is 22.3 Å². The summed E-state index contributed by atoms with van der Waals surface area (Å²) in [7, 11) is -3.50. The van der Waals surface area contributed by atoms with E-state index in [1.807, 2.05) is 6.92 Å². The van der Waals surface area contributed by atoms with Gasteiger partial charge in [0.1, 0.15) is 11.6 Å². The number of benzene rings is 1. The first-order chi connectivity index (χ1) is 13.0. The number of rotatable bonds is 7. The van der Waals surface area contributed by atoms with Crippen LogP contribution in [0.1, 0.15) is 12.7 Å². The average Bonchev–Trinajstić information content (AvgIpc) is 3.08. The summed E-state index contributed by atoms with van der Waals surface area (Å²) in [6.45, 7) is 4.74. The van der Waals surface area contributed by atoms with Crippen molar-refractivity contribution in [3.8, 4) is 0 Å². The summed E-state index contributed by atoms with van der Waals surface area (Å²) in [4.78, 5) is 14.3. The van der Waals surface area contributed by atoms with Gasteiger partial charge < -0.3 is 14.2 Å². The molecule has 146 valence electrons. The molecule has 1 amide bonds. The van der Waals surface area contributed by atoms with E-state index in [0.29, 0.717) is 43.8 Å². The Morgan fingerprint density at radius 3 is 2.56 bits per heavy atom. The number of hydrogen-bond donors (Lipinski definition) is 0. The highest BCUT2D eigenvalue weighted by atomic mass is 32.2. The lowest BCUT2D eigenvalue weighted by atomic mass is 10.4. The number of morpholine rings is 1. The zero-order chi connectivity index (χ0) is 19.3. The Hall–Kier alpha value is -1.91. The first-order valence-electron chi connectivity index (χ1n) is 8.69. The Kier molecular flexibility index (Phi) is 6.51. The second-order valence-corrected chi connectivity index (χ2v) is 8.93. The Balaban J connectivity index is 1.68. The highest BCUT2D eigenvalue weighted by molar-refractivity contribution is 7.99. The van der Waals surface area contributed by atoms with E-state index in [2.05, 4.69) is 10.2 Å². The van der Waals surface area contributed by atoms with Crippen molar-refractivity contribution in [2.45, 2.75) is 29.3 Å². The lowest BCUT2D eigenvalue weighted by Gasteiger charge is -2.26. The highest BCUT2D eigenvalue weighted by Crippen LogP contribution is 2.21. The van der Waals surface area contributed by atoms with Gasteiger partial charge >= 0.3 is 0 Å². The van der Waals surface area contributed by atoms with Crippen LogP contribution in [-0.4, -0.2) is 66.0 Å². The molecule has 1 aliphatic rings. The summed E-state index contributed by atoms with van der Waals surface area (Å²) in [6, 6.07) is 8.29. The summed E-state index contributed by atoms with van der Waals surface area (Å²) in [5.41, 5.74) is 0. The van der Waals surface area contributed by atoms with Gasteiger partial charge in [-0.2, -0.15) is 0 Å². The number of nitrogens with zero attached hydrogens (tertiary/aromatic N) is 4. The van der Waals surface area contributed by atoms with Crippen molar-refractivity contribution in [1.29, 1.82) is 0 Å². The van der Waals surface area contributed by atoms with Gasteiger partial charge in [0, 0.05) is 19.6 Å². The van der Waals surface area contributed by atoms with Gasteiger partial charge in [-0.05, 0) is 19.1 Å². The quantitative estimate of drug-likeness (QED) is 0.634. The second kappa shape index (κ2) is 8.85. The van der Waals surface area contributed by atoms with Crippen molar-refractivity contribution in [2.75, 3.05) is 32.1 Å². The molecule has 0 radical (unpaired) electrons. The molecule has 3 rings (SSSR count). The fourth-order valence-electron chi connectivity index (χ4n) is 2.76. The maximum Gasteiger partial charge on any atom is 0.233 e. The summed E-state index contributed by atoms with van der Waals surface area (Å²) >= 11 is 1.28. The molecule has 0 saturated carbocycles. The smallest absolute Gasteiger partial charge is 0.233 e. The van der Waals surface area contributed by atoms with Crippen molar-refractivity contribution in [3.05, 3.63) is 36.2 Å². The van der Waals surface area contributed by atoms with Crippen LogP contribution in [-0.2, 0) is 31.7 Å². The molecule has 0 atom stereocenters. The predicted molar refractivity (Wildman–Crippen MR) is 101 cm³/mol. The zero-order valence-corrected chi connectivity index (χ0v) is 16.7. The molecule has 1 aromatic heterocycles. The number of ether oxygens (including phenoxy) is 1. The third kappa shape index (κ3) is 4.88. The Bertz CT molecular complexity index is 878. The molecule has 10 heteroatoms. The third-order valence-electron chi connectivity index (χ3n) is 4.22. The van der Waals surface area contributed by atoms with Crippen molar-refractivity contribution in [2.24, 2.45) is 0 Å². The minimum atomic E-state index is -3.50. The molecule has 0 unspecified atom stereocenters. The molecular weight excluding hydrogens is 388 g/mol. The molecule has 0 bridgehead atoms. The highest BCUT2D eigenvalue weighted by Gasteiger charge is 2.22. The first kappa shape index (κ1) is 19.8. The molecule has 1 aromatic carbocycles. The van der Waals surface area contributed by atoms with Crippen molar-refractivity contribution >= 4 is 27.5 Å². The second-order valence-electron chi connectivity index (χ2n) is 6.00. The minimum Gasteiger partial charge on any atom is -0.378 e. The van der Waals surface area contributed by atoms with Crippen LogP contribution in [0.25, 0.3) is 0 Å². The molecule has 2 heterocycles. The number of amides is 1. The summed E-state index contributed by atoms with van der Waals surface area (Å²) < 4.78 is 32.2. The Morgan fingerprint density at radius 1 is 1.19 bits per heavy atom. The normalized spacial score (nSPS) is 15.1. The number of sulfone groups is 1. The molecule has 1 fully saturated rings. The summed E-state index contributed by atoms with van der Waals surface area (Å²) in [6.07, 6.45) is 0. The van der Waals surface area contributed by atoms with Crippen LogP contribution in [0.15, 0.2) is 40.4 Å². The van der Waals surface area contributed by atoms with Crippen molar-refractivity contribution < 1.29 is 17.9 Å². The average molecular weight is 411 g/mol. The van der Waals surface area contributed by atoms with Crippen LogP contribution in [0.5, 0.6) is 0 Å². The SMILES string of the molecule is CCn1c(CS(=O)(=O)c2ccccc2)nnc1SCC(=O)N1CCOCC1. The molecule has 1 aliphatic heterocycles. The van der Waals surface area contributed by atoms with Crippen molar-refractivity contribution in [3.63, 3.8) is 0 Å². The first-order valence-corrected chi connectivity index (χ1v) is 11.3.